The van der Waals surface area contributed by atoms with Gasteiger partial charge in [0, 0.05) is 0 Å². The fourth-order valence-corrected chi connectivity index (χ4v) is 2.06. The zero-order chi connectivity index (χ0) is 13.4. The van der Waals surface area contributed by atoms with Crippen molar-refractivity contribution < 1.29 is 0 Å². The van der Waals surface area contributed by atoms with Gasteiger partial charge < -0.3 is 0 Å². The molecule has 1 atom stereocenters. The Kier molecular flexibility index (Phi) is 3.81. The number of hydrogen-bond donors (Lipinski definition) is 0. The molecule has 0 aromatic heterocycles. The molecular weight excluding hydrogens is 203 g/mol. The first kappa shape index (κ1) is 14.3. The molecule has 0 spiro atoms. The Balaban J connectivity index is 3.34. The topological polar surface area (TPSA) is 0 Å². The van der Waals surface area contributed by atoms with E-state index in [1.807, 2.05) is 0 Å². The summed E-state index contributed by atoms with van der Waals surface area (Å²) in [6.45, 7) is 15.5. The predicted molar refractivity (Wildman–Crippen MR) is 77.8 cm³/mol. The standard InChI is InChI=1S/C16H25B/c1-11-8-9-12(14(17)16(5,6)7)13(10-11)15(2,3)4/h8-10,14H,1-7H3. The second-order valence-electron chi connectivity index (χ2n) is 7.18. The Labute approximate surface area is 108 Å². The summed E-state index contributed by atoms with van der Waals surface area (Å²) >= 11 is 0. The molecule has 0 aliphatic rings. The third-order valence-corrected chi connectivity index (χ3v) is 3.28. The molecule has 0 aliphatic heterocycles. The van der Waals surface area contributed by atoms with Crippen LogP contribution in [0.3, 0.4) is 0 Å². The predicted octanol–water partition coefficient (Wildman–Crippen LogP) is 4.55. The Bertz CT molecular complexity index is 391. The summed E-state index contributed by atoms with van der Waals surface area (Å²) < 4.78 is 0. The molecule has 1 aromatic carbocycles. The van der Waals surface area contributed by atoms with Gasteiger partial charge in [-0.15, -0.1) is 0 Å². The minimum Gasteiger partial charge on any atom is -0.0603 e. The van der Waals surface area contributed by atoms with Crippen molar-refractivity contribution in [3.63, 3.8) is 0 Å². The highest BCUT2D eigenvalue weighted by molar-refractivity contribution is 6.13. The smallest absolute Gasteiger partial charge is 0.0603 e. The normalized spacial score (nSPS) is 14.8. The molecule has 1 unspecified atom stereocenters. The molecule has 0 amide bonds. The molecule has 0 saturated heterocycles. The van der Waals surface area contributed by atoms with Gasteiger partial charge in [-0.2, -0.15) is 0 Å². The van der Waals surface area contributed by atoms with Gasteiger partial charge in [-0.05, 0) is 34.7 Å². The molecule has 0 bridgehead atoms. The van der Waals surface area contributed by atoms with E-state index in [1.54, 1.807) is 0 Å². The van der Waals surface area contributed by atoms with Crippen molar-refractivity contribution in [3.8, 4) is 0 Å². The lowest BCUT2D eigenvalue weighted by Gasteiger charge is -2.33. The Morgan fingerprint density at radius 1 is 1.00 bits per heavy atom. The van der Waals surface area contributed by atoms with Crippen LogP contribution in [0.2, 0.25) is 0 Å². The molecule has 0 nitrogen and oxygen atoms in total. The molecule has 92 valence electrons. The van der Waals surface area contributed by atoms with Crippen LogP contribution < -0.4 is 0 Å². The fraction of sp³-hybridized carbons (Fsp3) is 0.625. The van der Waals surface area contributed by atoms with E-state index in [0.29, 0.717) is 0 Å². The van der Waals surface area contributed by atoms with Crippen LogP contribution in [0.4, 0.5) is 0 Å². The molecule has 0 saturated carbocycles. The lowest BCUT2D eigenvalue weighted by molar-refractivity contribution is 0.390. The molecule has 17 heavy (non-hydrogen) atoms. The molecule has 1 aromatic rings. The van der Waals surface area contributed by atoms with Crippen LogP contribution in [-0.2, 0) is 5.41 Å². The minimum atomic E-state index is 0.0809. The van der Waals surface area contributed by atoms with E-state index in [-0.39, 0.29) is 16.6 Å². The van der Waals surface area contributed by atoms with E-state index in [1.165, 1.54) is 16.7 Å². The van der Waals surface area contributed by atoms with Crippen molar-refractivity contribution in [2.24, 2.45) is 5.41 Å². The molecule has 2 radical (unpaired) electrons. The lowest BCUT2D eigenvalue weighted by Crippen LogP contribution is -2.23. The number of aryl methyl sites for hydroxylation is 1. The second-order valence-corrected chi connectivity index (χ2v) is 7.18. The third kappa shape index (κ3) is 3.37. The van der Waals surface area contributed by atoms with Gasteiger partial charge in [0.2, 0.25) is 0 Å². The molecule has 0 aliphatic carbocycles. The van der Waals surface area contributed by atoms with Crippen LogP contribution in [0.1, 0.15) is 64.1 Å². The summed E-state index contributed by atoms with van der Waals surface area (Å²) in [7, 11) is 6.42. The van der Waals surface area contributed by atoms with E-state index >= 15 is 0 Å². The van der Waals surface area contributed by atoms with Gasteiger partial charge >= 0.3 is 0 Å². The van der Waals surface area contributed by atoms with Crippen molar-refractivity contribution in [2.75, 3.05) is 0 Å². The molecule has 0 fully saturated rings. The largest absolute Gasteiger partial charge is 0.0770 e. The van der Waals surface area contributed by atoms with Crippen LogP contribution in [0.5, 0.6) is 0 Å². The van der Waals surface area contributed by atoms with Crippen molar-refractivity contribution in [3.05, 3.63) is 34.9 Å². The molecule has 1 rings (SSSR count). The maximum atomic E-state index is 6.42. The second kappa shape index (κ2) is 4.51. The number of hydrogen-bond acceptors (Lipinski definition) is 0. The van der Waals surface area contributed by atoms with Crippen LogP contribution in [0, 0.1) is 12.3 Å². The maximum absolute atomic E-state index is 6.42. The van der Waals surface area contributed by atoms with Crippen molar-refractivity contribution in [1.82, 2.24) is 0 Å². The van der Waals surface area contributed by atoms with E-state index in [0.717, 1.165) is 0 Å². The molecule has 0 heterocycles. The average molecular weight is 228 g/mol. The number of rotatable bonds is 1. The van der Waals surface area contributed by atoms with Gasteiger partial charge in [0.05, 0.1) is 7.85 Å². The summed E-state index contributed by atoms with van der Waals surface area (Å²) in [4.78, 5) is 0. The summed E-state index contributed by atoms with van der Waals surface area (Å²) in [6.07, 6.45) is 0. The SMILES string of the molecule is [B]C(c1ccc(C)cc1C(C)(C)C)C(C)(C)C. The first-order chi connectivity index (χ1) is 7.53. The van der Waals surface area contributed by atoms with Gasteiger partial charge in [0.15, 0.2) is 0 Å². The van der Waals surface area contributed by atoms with E-state index in [2.05, 4.69) is 66.7 Å². The van der Waals surface area contributed by atoms with Gasteiger partial charge in [0.1, 0.15) is 0 Å². The summed E-state index contributed by atoms with van der Waals surface area (Å²) in [5.41, 5.74) is 4.20. The minimum absolute atomic E-state index is 0.0809. The van der Waals surface area contributed by atoms with Crippen LogP contribution in [0.15, 0.2) is 18.2 Å². The van der Waals surface area contributed by atoms with Gasteiger partial charge in [-0.3, -0.25) is 0 Å². The maximum Gasteiger partial charge on any atom is 0.0770 e. The van der Waals surface area contributed by atoms with E-state index in [9.17, 15) is 0 Å². The summed E-state index contributed by atoms with van der Waals surface area (Å²) in [5.74, 6) is 0.0809. The number of benzene rings is 1. The van der Waals surface area contributed by atoms with Crippen LogP contribution in [-0.4, -0.2) is 7.85 Å². The van der Waals surface area contributed by atoms with Crippen molar-refractivity contribution in [1.29, 1.82) is 0 Å². The third-order valence-electron chi connectivity index (χ3n) is 3.28. The summed E-state index contributed by atoms with van der Waals surface area (Å²) in [5, 5.41) is 0. The Morgan fingerprint density at radius 3 is 1.94 bits per heavy atom. The quantitative estimate of drug-likeness (QED) is 0.618. The van der Waals surface area contributed by atoms with Gasteiger partial charge in [-0.1, -0.05) is 65.3 Å². The highest BCUT2D eigenvalue weighted by Crippen LogP contribution is 2.38. The highest BCUT2D eigenvalue weighted by atomic mass is 14.3. The monoisotopic (exact) mass is 228 g/mol. The van der Waals surface area contributed by atoms with E-state index < -0.39 is 0 Å². The molecule has 1 heteroatoms. The zero-order valence-electron chi connectivity index (χ0n) is 12.4. The zero-order valence-corrected chi connectivity index (χ0v) is 12.4. The lowest BCUT2D eigenvalue weighted by atomic mass is 9.62. The van der Waals surface area contributed by atoms with E-state index in [4.69, 9.17) is 7.85 Å². The van der Waals surface area contributed by atoms with Gasteiger partial charge in [-0.25, -0.2) is 0 Å². The first-order valence-corrected chi connectivity index (χ1v) is 6.40. The molecular formula is C16H25B. The van der Waals surface area contributed by atoms with Gasteiger partial charge in [0.25, 0.3) is 0 Å². The van der Waals surface area contributed by atoms with Crippen LogP contribution >= 0.6 is 0 Å². The highest BCUT2D eigenvalue weighted by Gasteiger charge is 2.27. The Hall–Kier alpha value is -0.715. The molecule has 0 N–H and O–H groups in total. The van der Waals surface area contributed by atoms with Crippen LogP contribution in [0.25, 0.3) is 0 Å². The van der Waals surface area contributed by atoms with Crippen molar-refractivity contribution >= 4 is 7.85 Å². The van der Waals surface area contributed by atoms with Crippen molar-refractivity contribution in [2.45, 2.75) is 59.7 Å². The first-order valence-electron chi connectivity index (χ1n) is 6.40. The average Bonchev–Trinajstić information content (AvgIpc) is 2.14. The fourth-order valence-electron chi connectivity index (χ4n) is 2.06. The summed E-state index contributed by atoms with van der Waals surface area (Å²) in [6, 6.07) is 6.64. The Morgan fingerprint density at radius 2 is 1.53 bits per heavy atom.